The first-order chi connectivity index (χ1) is 9.52. The maximum absolute atomic E-state index is 10.5. The molecule has 0 fully saturated rings. The Morgan fingerprint density at radius 3 is 3.00 bits per heavy atom. The Bertz CT molecular complexity index is 575. The first-order valence-electron chi connectivity index (χ1n) is 6.45. The molecular formula is C12H17N5O3. The zero-order valence-corrected chi connectivity index (χ0v) is 11.5. The summed E-state index contributed by atoms with van der Waals surface area (Å²) in [6.45, 7) is 4.51. The molecule has 0 spiro atoms. The van der Waals surface area contributed by atoms with Crippen LogP contribution in [-0.2, 0) is 24.2 Å². The van der Waals surface area contributed by atoms with Crippen LogP contribution < -0.4 is 0 Å². The second-order valence-electron chi connectivity index (χ2n) is 5.00. The highest BCUT2D eigenvalue weighted by Crippen LogP contribution is 2.06. The highest BCUT2D eigenvalue weighted by atomic mass is 16.5. The van der Waals surface area contributed by atoms with E-state index in [2.05, 4.69) is 34.3 Å². The van der Waals surface area contributed by atoms with Crippen LogP contribution in [0, 0.1) is 5.92 Å². The van der Waals surface area contributed by atoms with Crippen molar-refractivity contribution in [2.24, 2.45) is 5.92 Å². The van der Waals surface area contributed by atoms with Crippen molar-refractivity contribution < 1.29 is 14.4 Å². The van der Waals surface area contributed by atoms with Crippen molar-refractivity contribution in [2.45, 2.75) is 39.7 Å². The number of rotatable bonds is 7. The van der Waals surface area contributed by atoms with Gasteiger partial charge in [0.25, 0.3) is 0 Å². The molecule has 0 atom stereocenters. The summed E-state index contributed by atoms with van der Waals surface area (Å²) in [5.74, 6) is 0.765. The summed E-state index contributed by atoms with van der Waals surface area (Å²) < 4.78 is 6.69. The zero-order chi connectivity index (χ0) is 14.5. The third kappa shape index (κ3) is 4.15. The van der Waals surface area contributed by atoms with Gasteiger partial charge in [0.1, 0.15) is 6.54 Å². The van der Waals surface area contributed by atoms with Crippen LogP contribution in [0.1, 0.15) is 37.7 Å². The minimum atomic E-state index is -0.852. The van der Waals surface area contributed by atoms with Gasteiger partial charge in [-0.05, 0) is 5.92 Å². The van der Waals surface area contributed by atoms with Crippen molar-refractivity contribution in [3.63, 3.8) is 0 Å². The molecule has 0 saturated heterocycles. The third-order valence-electron chi connectivity index (χ3n) is 2.58. The standard InChI is InChI=1S/C12H17N5O3/c1-8(2)5-10-13-11(20-15-10)7-17-6-9(14-16-17)3-4-12(18)19/h6,8H,3-5,7H2,1-2H3,(H,18,19). The summed E-state index contributed by atoms with van der Waals surface area (Å²) >= 11 is 0. The second kappa shape index (κ2) is 6.27. The van der Waals surface area contributed by atoms with Crippen LogP contribution in [0.25, 0.3) is 0 Å². The van der Waals surface area contributed by atoms with Crippen LogP contribution >= 0.6 is 0 Å². The molecule has 0 aliphatic rings. The van der Waals surface area contributed by atoms with Gasteiger partial charge in [0.15, 0.2) is 5.82 Å². The summed E-state index contributed by atoms with van der Waals surface area (Å²) in [7, 11) is 0. The van der Waals surface area contributed by atoms with Crippen molar-refractivity contribution in [3.05, 3.63) is 23.6 Å². The van der Waals surface area contributed by atoms with Crippen LogP contribution in [0.4, 0.5) is 0 Å². The molecule has 2 aromatic heterocycles. The molecule has 0 unspecified atom stereocenters. The van der Waals surface area contributed by atoms with Gasteiger partial charge in [0.05, 0.1) is 12.1 Å². The van der Waals surface area contributed by atoms with E-state index in [1.54, 1.807) is 10.9 Å². The summed E-state index contributed by atoms with van der Waals surface area (Å²) in [6, 6.07) is 0. The van der Waals surface area contributed by atoms with Crippen LogP contribution in [-0.4, -0.2) is 36.2 Å². The van der Waals surface area contributed by atoms with Crippen molar-refractivity contribution in [1.82, 2.24) is 25.1 Å². The predicted octanol–water partition coefficient (Wildman–Crippen LogP) is 0.925. The molecule has 0 saturated carbocycles. The van der Waals surface area contributed by atoms with E-state index >= 15 is 0 Å². The lowest BCUT2D eigenvalue weighted by molar-refractivity contribution is -0.136. The largest absolute Gasteiger partial charge is 0.481 e. The van der Waals surface area contributed by atoms with E-state index in [9.17, 15) is 4.79 Å². The molecule has 20 heavy (non-hydrogen) atoms. The van der Waals surface area contributed by atoms with Gasteiger partial charge in [0, 0.05) is 19.0 Å². The summed E-state index contributed by atoms with van der Waals surface area (Å²) in [5, 5.41) is 20.3. The second-order valence-corrected chi connectivity index (χ2v) is 5.00. The van der Waals surface area contributed by atoms with Gasteiger partial charge in [-0.1, -0.05) is 24.2 Å². The molecule has 0 radical (unpaired) electrons. The maximum atomic E-state index is 10.5. The average molecular weight is 279 g/mol. The van der Waals surface area contributed by atoms with Gasteiger partial charge in [-0.15, -0.1) is 5.10 Å². The number of hydrogen-bond donors (Lipinski definition) is 1. The van der Waals surface area contributed by atoms with Gasteiger partial charge in [-0.25, -0.2) is 4.68 Å². The number of hydrogen-bond acceptors (Lipinski definition) is 6. The fourth-order valence-corrected chi connectivity index (χ4v) is 1.71. The van der Waals surface area contributed by atoms with E-state index in [0.717, 1.165) is 6.42 Å². The summed E-state index contributed by atoms with van der Waals surface area (Å²) in [4.78, 5) is 14.7. The quantitative estimate of drug-likeness (QED) is 0.803. The maximum Gasteiger partial charge on any atom is 0.303 e. The fraction of sp³-hybridized carbons (Fsp3) is 0.583. The van der Waals surface area contributed by atoms with Gasteiger partial charge < -0.3 is 9.63 Å². The molecule has 0 bridgehead atoms. The molecule has 2 heterocycles. The minimum absolute atomic E-state index is 0.0395. The van der Waals surface area contributed by atoms with Gasteiger partial charge in [-0.3, -0.25) is 4.79 Å². The zero-order valence-electron chi connectivity index (χ0n) is 11.5. The lowest BCUT2D eigenvalue weighted by Crippen LogP contribution is -2.02. The van der Waals surface area contributed by atoms with Crippen LogP contribution in [0.5, 0.6) is 0 Å². The molecule has 0 amide bonds. The van der Waals surface area contributed by atoms with E-state index in [-0.39, 0.29) is 6.42 Å². The molecule has 2 rings (SSSR count). The highest BCUT2D eigenvalue weighted by Gasteiger charge is 2.10. The van der Waals surface area contributed by atoms with E-state index in [4.69, 9.17) is 9.63 Å². The van der Waals surface area contributed by atoms with E-state index in [1.165, 1.54) is 0 Å². The number of carboxylic acid groups (broad SMARTS) is 1. The van der Waals surface area contributed by atoms with E-state index in [0.29, 0.717) is 36.3 Å². The number of aromatic nitrogens is 5. The number of aliphatic carboxylic acids is 1. The van der Waals surface area contributed by atoms with Gasteiger partial charge >= 0.3 is 5.97 Å². The molecule has 0 aliphatic heterocycles. The summed E-state index contributed by atoms with van der Waals surface area (Å²) in [5.41, 5.74) is 0.634. The number of carboxylic acids is 1. The molecule has 2 aromatic rings. The Hall–Kier alpha value is -2.25. The Morgan fingerprint density at radius 2 is 2.30 bits per heavy atom. The smallest absolute Gasteiger partial charge is 0.303 e. The number of aryl methyl sites for hydroxylation is 1. The van der Waals surface area contributed by atoms with Crippen LogP contribution in [0.3, 0.4) is 0 Å². The Morgan fingerprint density at radius 1 is 1.50 bits per heavy atom. The SMILES string of the molecule is CC(C)Cc1noc(Cn2cc(CCC(=O)O)nn2)n1. The predicted molar refractivity (Wildman–Crippen MR) is 67.9 cm³/mol. The average Bonchev–Trinajstić information content (AvgIpc) is 2.96. The fourth-order valence-electron chi connectivity index (χ4n) is 1.71. The van der Waals surface area contributed by atoms with Gasteiger partial charge in [-0.2, -0.15) is 4.98 Å². The molecule has 0 aliphatic carbocycles. The molecule has 8 heteroatoms. The molecule has 0 aromatic carbocycles. The lowest BCUT2D eigenvalue weighted by Gasteiger charge is -1.96. The Balaban J connectivity index is 1.92. The molecular weight excluding hydrogens is 262 g/mol. The van der Waals surface area contributed by atoms with Crippen molar-refractivity contribution in [2.75, 3.05) is 0 Å². The van der Waals surface area contributed by atoms with Crippen molar-refractivity contribution in [3.8, 4) is 0 Å². The topological polar surface area (TPSA) is 107 Å². The Labute approximate surface area is 115 Å². The van der Waals surface area contributed by atoms with Crippen molar-refractivity contribution >= 4 is 5.97 Å². The van der Waals surface area contributed by atoms with E-state index < -0.39 is 5.97 Å². The monoisotopic (exact) mass is 279 g/mol. The Kier molecular flexibility index (Phi) is 4.44. The first kappa shape index (κ1) is 14.2. The lowest BCUT2D eigenvalue weighted by atomic mass is 10.1. The van der Waals surface area contributed by atoms with E-state index in [1.807, 2.05) is 0 Å². The highest BCUT2D eigenvalue weighted by molar-refractivity contribution is 5.66. The number of nitrogens with zero attached hydrogens (tertiary/aromatic N) is 5. The number of carbonyl (C=O) groups is 1. The normalized spacial score (nSPS) is 11.2. The van der Waals surface area contributed by atoms with Crippen LogP contribution in [0.15, 0.2) is 10.7 Å². The molecule has 8 nitrogen and oxygen atoms in total. The van der Waals surface area contributed by atoms with Crippen LogP contribution in [0.2, 0.25) is 0 Å². The minimum Gasteiger partial charge on any atom is -0.481 e. The summed E-state index contributed by atoms with van der Waals surface area (Å²) in [6.07, 6.45) is 2.86. The first-order valence-corrected chi connectivity index (χ1v) is 6.45. The van der Waals surface area contributed by atoms with Crippen molar-refractivity contribution in [1.29, 1.82) is 0 Å². The molecule has 108 valence electrons. The molecule has 1 N–H and O–H groups in total. The third-order valence-corrected chi connectivity index (χ3v) is 2.58. The van der Waals surface area contributed by atoms with Gasteiger partial charge in [0.2, 0.25) is 5.89 Å².